The number of nitrogens with zero attached hydrogens (tertiary/aromatic N) is 3. The fraction of sp³-hybridized carbons (Fsp3) is 0. The van der Waals surface area contributed by atoms with E-state index < -0.39 is 0 Å². The van der Waals surface area contributed by atoms with Gasteiger partial charge in [-0.05, 0) is 29.6 Å². The number of anilines is 1. The SMILES string of the molecule is Nc1cccc(-n2cc(-c3cccs3)nn2)c1. The molecule has 0 fully saturated rings. The lowest BCUT2D eigenvalue weighted by molar-refractivity contribution is 0.804. The number of hydrogen-bond donors (Lipinski definition) is 1. The topological polar surface area (TPSA) is 56.7 Å². The summed E-state index contributed by atoms with van der Waals surface area (Å²) in [5.74, 6) is 0. The van der Waals surface area contributed by atoms with Crippen LogP contribution in [0.1, 0.15) is 0 Å². The smallest absolute Gasteiger partial charge is 0.123 e. The van der Waals surface area contributed by atoms with Gasteiger partial charge in [0.05, 0.1) is 16.8 Å². The molecule has 2 aromatic heterocycles. The van der Waals surface area contributed by atoms with Gasteiger partial charge in [-0.15, -0.1) is 16.4 Å². The lowest BCUT2D eigenvalue weighted by Gasteiger charge is -1.99. The first kappa shape index (κ1) is 10.0. The average molecular weight is 242 g/mol. The monoisotopic (exact) mass is 242 g/mol. The third-order valence-electron chi connectivity index (χ3n) is 2.40. The summed E-state index contributed by atoms with van der Waals surface area (Å²) < 4.78 is 1.73. The fourth-order valence-corrected chi connectivity index (χ4v) is 2.27. The van der Waals surface area contributed by atoms with E-state index in [0.717, 1.165) is 21.9 Å². The summed E-state index contributed by atoms with van der Waals surface area (Å²) in [6.07, 6.45) is 1.90. The molecule has 0 saturated carbocycles. The standard InChI is InChI=1S/C12H10N4S/c13-9-3-1-4-10(7-9)16-8-11(14-15-16)12-5-2-6-17-12/h1-8H,13H2. The molecule has 0 bridgehead atoms. The van der Waals surface area contributed by atoms with Crippen molar-refractivity contribution in [2.24, 2.45) is 0 Å². The van der Waals surface area contributed by atoms with Crippen molar-refractivity contribution in [3.63, 3.8) is 0 Å². The predicted octanol–water partition coefficient (Wildman–Crippen LogP) is 2.58. The minimum Gasteiger partial charge on any atom is -0.399 e. The highest BCUT2D eigenvalue weighted by Crippen LogP contribution is 2.22. The van der Waals surface area contributed by atoms with Crippen LogP contribution >= 0.6 is 11.3 Å². The normalized spacial score (nSPS) is 10.6. The molecule has 0 saturated heterocycles. The van der Waals surface area contributed by atoms with Crippen LogP contribution in [0, 0.1) is 0 Å². The van der Waals surface area contributed by atoms with E-state index in [4.69, 9.17) is 5.73 Å². The van der Waals surface area contributed by atoms with E-state index in [9.17, 15) is 0 Å². The molecular formula is C12H10N4S. The van der Waals surface area contributed by atoms with Crippen LogP contribution in [0.25, 0.3) is 16.3 Å². The van der Waals surface area contributed by atoms with Gasteiger partial charge in [0.25, 0.3) is 0 Å². The Balaban J connectivity index is 2.01. The molecular weight excluding hydrogens is 232 g/mol. The molecule has 0 aliphatic heterocycles. The Bertz CT molecular complexity index is 628. The first-order chi connectivity index (χ1) is 8.33. The molecule has 0 aliphatic carbocycles. The summed E-state index contributed by atoms with van der Waals surface area (Å²) in [4.78, 5) is 1.11. The number of aromatic nitrogens is 3. The second-order valence-corrected chi connectivity index (χ2v) is 4.57. The van der Waals surface area contributed by atoms with Gasteiger partial charge in [0.2, 0.25) is 0 Å². The number of nitrogen functional groups attached to an aromatic ring is 1. The van der Waals surface area contributed by atoms with Crippen LogP contribution in [0.5, 0.6) is 0 Å². The highest BCUT2D eigenvalue weighted by atomic mass is 32.1. The Morgan fingerprint density at radius 1 is 1.18 bits per heavy atom. The van der Waals surface area contributed by atoms with E-state index in [-0.39, 0.29) is 0 Å². The van der Waals surface area contributed by atoms with E-state index in [2.05, 4.69) is 10.3 Å². The van der Waals surface area contributed by atoms with Crippen LogP contribution in [-0.4, -0.2) is 15.0 Å². The van der Waals surface area contributed by atoms with Crippen LogP contribution in [0.2, 0.25) is 0 Å². The van der Waals surface area contributed by atoms with E-state index >= 15 is 0 Å². The Kier molecular flexibility index (Phi) is 2.38. The van der Waals surface area contributed by atoms with Crippen LogP contribution in [-0.2, 0) is 0 Å². The molecule has 0 atom stereocenters. The largest absolute Gasteiger partial charge is 0.399 e. The van der Waals surface area contributed by atoms with Crippen molar-refractivity contribution in [2.45, 2.75) is 0 Å². The molecule has 4 nitrogen and oxygen atoms in total. The summed E-state index contributed by atoms with van der Waals surface area (Å²) in [5.41, 5.74) is 8.25. The minimum absolute atomic E-state index is 0.718. The first-order valence-electron chi connectivity index (χ1n) is 5.15. The zero-order chi connectivity index (χ0) is 11.7. The Hall–Kier alpha value is -2.14. The molecule has 2 heterocycles. The number of nitrogens with two attached hydrogens (primary N) is 1. The zero-order valence-corrected chi connectivity index (χ0v) is 9.76. The van der Waals surface area contributed by atoms with Gasteiger partial charge >= 0.3 is 0 Å². The molecule has 0 radical (unpaired) electrons. The first-order valence-corrected chi connectivity index (χ1v) is 6.03. The summed E-state index contributed by atoms with van der Waals surface area (Å²) in [6.45, 7) is 0. The van der Waals surface area contributed by atoms with Crippen molar-refractivity contribution in [1.82, 2.24) is 15.0 Å². The molecule has 0 amide bonds. The lowest BCUT2D eigenvalue weighted by atomic mass is 10.3. The summed E-state index contributed by atoms with van der Waals surface area (Å²) in [5, 5.41) is 10.3. The average Bonchev–Trinajstić information content (AvgIpc) is 3.00. The Labute approximate surface area is 102 Å². The highest BCUT2D eigenvalue weighted by molar-refractivity contribution is 7.13. The van der Waals surface area contributed by atoms with E-state index in [0.29, 0.717) is 0 Å². The molecule has 3 rings (SSSR count). The molecule has 3 aromatic rings. The number of hydrogen-bond acceptors (Lipinski definition) is 4. The van der Waals surface area contributed by atoms with Crippen LogP contribution in [0.3, 0.4) is 0 Å². The number of benzene rings is 1. The predicted molar refractivity (Wildman–Crippen MR) is 69.1 cm³/mol. The van der Waals surface area contributed by atoms with E-state index in [1.165, 1.54) is 0 Å². The van der Waals surface area contributed by atoms with Crippen LogP contribution < -0.4 is 5.73 Å². The van der Waals surface area contributed by atoms with Crippen molar-refractivity contribution in [2.75, 3.05) is 5.73 Å². The Morgan fingerprint density at radius 2 is 2.12 bits per heavy atom. The quantitative estimate of drug-likeness (QED) is 0.703. The minimum atomic E-state index is 0.718. The van der Waals surface area contributed by atoms with Gasteiger partial charge < -0.3 is 5.73 Å². The number of thiophene rings is 1. The molecule has 2 N–H and O–H groups in total. The Morgan fingerprint density at radius 3 is 2.88 bits per heavy atom. The summed E-state index contributed by atoms with van der Waals surface area (Å²) >= 11 is 1.65. The second kappa shape index (κ2) is 4.03. The van der Waals surface area contributed by atoms with Crippen molar-refractivity contribution in [1.29, 1.82) is 0 Å². The number of rotatable bonds is 2. The molecule has 0 aliphatic rings. The molecule has 84 valence electrons. The van der Waals surface area contributed by atoms with Gasteiger partial charge in [-0.1, -0.05) is 17.3 Å². The van der Waals surface area contributed by atoms with Gasteiger partial charge in [-0.2, -0.15) is 0 Å². The van der Waals surface area contributed by atoms with Crippen LogP contribution in [0.4, 0.5) is 5.69 Å². The van der Waals surface area contributed by atoms with Gasteiger partial charge in [0, 0.05) is 5.69 Å². The molecule has 0 unspecified atom stereocenters. The molecule has 1 aromatic carbocycles. The van der Waals surface area contributed by atoms with Crippen LogP contribution in [0.15, 0.2) is 48.0 Å². The third-order valence-corrected chi connectivity index (χ3v) is 3.29. The van der Waals surface area contributed by atoms with Gasteiger partial charge in [-0.3, -0.25) is 0 Å². The maximum Gasteiger partial charge on any atom is 0.123 e. The van der Waals surface area contributed by atoms with Gasteiger partial charge in [0.15, 0.2) is 0 Å². The molecule has 17 heavy (non-hydrogen) atoms. The van der Waals surface area contributed by atoms with Crippen molar-refractivity contribution in [3.05, 3.63) is 48.0 Å². The summed E-state index contributed by atoms with van der Waals surface area (Å²) in [6, 6.07) is 11.6. The second-order valence-electron chi connectivity index (χ2n) is 3.62. The molecule has 5 heteroatoms. The lowest BCUT2D eigenvalue weighted by Crippen LogP contribution is -1.95. The maximum absolute atomic E-state index is 5.74. The maximum atomic E-state index is 5.74. The highest BCUT2D eigenvalue weighted by Gasteiger charge is 2.05. The zero-order valence-electron chi connectivity index (χ0n) is 8.95. The van der Waals surface area contributed by atoms with E-state index in [1.807, 2.05) is 48.0 Å². The third kappa shape index (κ3) is 1.92. The summed E-state index contributed by atoms with van der Waals surface area (Å²) in [7, 11) is 0. The van der Waals surface area contributed by atoms with Crippen molar-refractivity contribution in [3.8, 4) is 16.3 Å². The van der Waals surface area contributed by atoms with Crippen molar-refractivity contribution >= 4 is 17.0 Å². The van der Waals surface area contributed by atoms with Gasteiger partial charge in [-0.25, -0.2) is 4.68 Å². The fourth-order valence-electron chi connectivity index (χ4n) is 1.59. The van der Waals surface area contributed by atoms with E-state index in [1.54, 1.807) is 16.0 Å². The van der Waals surface area contributed by atoms with Crippen molar-refractivity contribution < 1.29 is 0 Å². The van der Waals surface area contributed by atoms with Gasteiger partial charge in [0.1, 0.15) is 5.69 Å². The molecule has 0 spiro atoms.